The van der Waals surface area contributed by atoms with Gasteiger partial charge in [-0.05, 0) is 31.0 Å². The van der Waals surface area contributed by atoms with Gasteiger partial charge in [0.1, 0.15) is 0 Å². The molecule has 0 heterocycles. The van der Waals surface area contributed by atoms with Crippen LogP contribution < -0.4 is 0 Å². The third-order valence-corrected chi connectivity index (χ3v) is 7.73. The van der Waals surface area contributed by atoms with Crippen LogP contribution in [0.1, 0.15) is 33.6 Å². The average molecular weight is 198 g/mol. The molecule has 0 saturated heterocycles. The zero-order valence-electron chi connectivity index (χ0n) is 9.55. The van der Waals surface area contributed by atoms with E-state index in [4.69, 9.17) is 4.43 Å². The zero-order valence-corrected chi connectivity index (χ0v) is 10.6. The Morgan fingerprint density at radius 1 is 1.31 bits per heavy atom. The first-order chi connectivity index (χ1) is 5.83. The molecule has 13 heavy (non-hydrogen) atoms. The summed E-state index contributed by atoms with van der Waals surface area (Å²) in [5.74, 6) is 0. The molecule has 76 valence electrons. The molecule has 1 aliphatic rings. The normalized spacial score (nSPS) is 23.9. The molecule has 1 unspecified atom stereocenters. The maximum atomic E-state index is 6.22. The van der Waals surface area contributed by atoms with E-state index in [1.165, 1.54) is 12.8 Å². The summed E-state index contributed by atoms with van der Waals surface area (Å²) in [5.41, 5.74) is 0. The number of rotatable bonds is 2. The van der Waals surface area contributed by atoms with Crippen molar-refractivity contribution >= 4 is 8.32 Å². The number of hydrogen-bond donors (Lipinski definition) is 0. The van der Waals surface area contributed by atoms with Gasteiger partial charge in [0.15, 0.2) is 8.32 Å². The molecule has 0 aromatic carbocycles. The SMILES string of the molecule is CC(C)(C)[Si](C)(C)OC1C=CCC1. The summed E-state index contributed by atoms with van der Waals surface area (Å²) in [6.45, 7) is 11.5. The topological polar surface area (TPSA) is 9.23 Å². The van der Waals surface area contributed by atoms with E-state index in [2.05, 4.69) is 46.0 Å². The summed E-state index contributed by atoms with van der Waals surface area (Å²) >= 11 is 0. The van der Waals surface area contributed by atoms with E-state index >= 15 is 0 Å². The first-order valence-electron chi connectivity index (χ1n) is 5.17. The molecule has 0 radical (unpaired) electrons. The van der Waals surface area contributed by atoms with Gasteiger partial charge >= 0.3 is 0 Å². The summed E-state index contributed by atoms with van der Waals surface area (Å²) in [7, 11) is -1.52. The number of hydrogen-bond acceptors (Lipinski definition) is 1. The van der Waals surface area contributed by atoms with Gasteiger partial charge in [-0.2, -0.15) is 0 Å². The van der Waals surface area contributed by atoms with Crippen molar-refractivity contribution in [1.82, 2.24) is 0 Å². The molecule has 0 bridgehead atoms. The molecule has 0 aromatic rings. The molecule has 0 aliphatic heterocycles. The average Bonchev–Trinajstić information content (AvgIpc) is 2.35. The molecular formula is C11H22OSi. The fourth-order valence-electron chi connectivity index (χ4n) is 1.26. The molecule has 2 heteroatoms. The zero-order chi connectivity index (χ0) is 10.1. The van der Waals surface area contributed by atoms with Crippen molar-refractivity contribution in [2.24, 2.45) is 0 Å². The van der Waals surface area contributed by atoms with Crippen molar-refractivity contribution in [1.29, 1.82) is 0 Å². The van der Waals surface area contributed by atoms with Crippen molar-refractivity contribution in [3.05, 3.63) is 12.2 Å². The molecule has 1 aliphatic carbocycles. The third-order valence-electron chi connectivity index (χ3n) is 3.22. The molecular weight excluding hydrogens is 176 g/mol. The van der Waals surface area contributed by atoms with E-state index in [9.17, 15) is 0 Å². The van der Waals surface area contributed by atoms with Gasteiger partial charge in [-0.1, -0.05) is 32.9 Å². The van der Waals surface area contributed by atoms with Crippen LogP contribution in [0, 0.1) is 0 Å². The Labute approximate surface area is 83.3 Å². The van der Waals surface area contributed by atoms with Crippen LogP contribution in [-0.4, -0.2) is 14.4 Å². The van der Waals surface area contributed by atoms with E-state index in [1.54, 1.807) is 0 Å². The van der Waals surface area contributed by atoms with E-state index in [-0.39, 0.29) is 0 Å². The molecule has 0 N–H and O–H groups in total. The van der Waals surface area contributed by atoms with Gasteiger partial charge in [-0.3, -0.25) is 0 Å². The van der Waals surface area contributed by atoms with Crippen LogP contribution in [0.4, 0.5) is 0 Å². The highest BCUT2D eigenvalue weighted by molar-refractivity contribution is 6.74. The van der Waals surface area contributed by atoms with Crippen molar-refractivity contribution in [3.8, 4) is 0 Å². The molecule has 0 saturated carbocycles. The first kappa shape index (κ1) is 11.0. The van der Waals surface area contributed by atoms with Crippen LogP contribution in [0.3, 0.4) is 0 Å². The van der Waals surface area contributed by atoms with Crippen molar-refractivity contribution in [2.45, 2.75) is 57.8 Å². The van der Waals surface area contributed by atoms with Gasteiger partial charge in [0.2, 0.25) is 0 Å². The van der Waals surface area contributed by atoms with Crippen molar-refractivity contribution in [3.63, 3.8) is 0 Å². The second-order valence-corrected chi connectivity index (χ2v) is 10.2. The van der Waals surface area contributed by atoms with Gasteiger partial charge in [0.25, 0.3) is 0 Å². The lowest BCUT2D eigenvalue weighted by Crippen LogP contribution is -2.43. The second-order valence-electron chi connectivity index (χ2n) is 5.42. The maximum Gasteiger partial charge on any atom is 0.192 e. The van der Waals surface area contributed by atoms with Crippen LogP contribution in [-0.2, 0) is 4.43 Å². The summed E-state index contributed by atoms with van der Waals surface area (Å²) in [5, 5.41) is 0.337. The maximum absolute atomic E-state index is 6.22. The van der Waals surface area contributed by atoms with Crippen LogP contribution >= 0.6 is 0 Å². The molecule has 0 fully saturated rings. The Hall–Kier alpha value is -0.0831. The molecule has 1 rings (SSSR count). The minimum atomic E-state index is -1.52. The minimum Gasteiger partial charge on any atom is -0.411 e. The van der Waals surface area contributed by atoms with Crippen molar-refractivity contribution in [2.75, 3.05) is 0 Å². The highest BCUT2D eigenvalue weighted by atomic mass is 28.4. The lowest BCUT2D eigenvalue weighted by Gasteiger charge is -2.38. The fraction of sp³-hybridized carbons (Fsp3) is 0.818. The standard InChI is InChI=1S/C11H22OSi/c1-11(2,3)13(4,5)12-10-8-6-7-9-10/h6,8,10H,7,9H2,1-5H3. The third kappa shape index (κ3) is 2.68. The first-order valence-corrected chi connectivity index (χ1v) is 8.08. The predicted octanol–water partition coefficient (Wildman–Crippen LogP) is 3.73. The van der Waals surface area contributed by atoms with Crippen LogP contribution in [0.15, 0.2) is 12.2 Å². The Bertz CT molecular complexity index is 201. The van der Waals surface area contributed by atoms with E-state index in [1.807, 2.05) is 0 Å². The van der Waals surface area contributed by atoms with Crippen LogP contribution in [0.2, 0.25) is 18.1 Å². The molecule has 1 nitrogen and oxygen atoms in total. The van der Waals surface area contributed by atoms with E-state index in [0.29, 0.717) is 11.1 Å². The Balaban J connectivity index is 2.55. The lowest BCUT2D eigenvalue weighted by molar-refractivity contribution is 0.224. The number of allylic oxidation sites excluding steroid dienone is 1. The van der Waals surface area contributed by atoms with E-state index < -0.39 is 8.32 Å². The van der Waals surface area contributed by atoms with Gasteiger partial charge in [-0.15, -0.1) is 0 Å². The molecule has 0 amide bonds. The van der Waals surface area contributed by atoms with Crippen LogP contribution in [0.25, 0.3) is 0 Å². The Morgan fingerprint density at radius 3 is 2.31 bits per heavy atom. The van der Waals surface area contributed by atoms with E-state index in [0.717, 1.165) is 0 Å². The predicted molar refractivity (Wildman–Crippen MR) is 60.4 cm³/mol. The van der Waals surface area contributed by atoms with Gasteiger partial charge in [-0.25, -0.2) is 0 Å². The molecule has 0 spiro atoms. The van der Waals surface area contributed by atoms with Gasteiger partial charge < -0.3 is 4.43 Å². The highest BCUT2D eigenvalue weighted by Gasteiger charge is 2.38. The summed E-state index contributed by atoms with van der Waals surface area (Å²) in [4.78, 5) is 0. The largest absolute Gasteiger partial charge is 0.411 e. The summed E-state index contributed by atoms with van der Waals surface area (Å²) in [6, 6.07) is 0. The monoisotopic (exact) mass is 198 g/mol. The smallest absolute Gasteiger partial charge is 0.192 e. The summed E-state index contributed by atoms with van der Waals surface area (Å²) < 4.78 is 6.22. The second kappa shape index (κ2) is 3.58. The minimum absolute atomic E-state index is 0.337. The van der Waals surface area contributed by atoms with Gasteiger partial charge in [0.05, 0.1) is 6.10 Å². The van der Waals surface area contributed by atoms with Crippen LogP contribution in [0.5, 0.6) is 0 Å². The van der Waals surface area contributed by atoms with Crippen molar-refractivity contribution < 1.29 is 4.43 Å². The Morgan fingerprint density at radius 2 is 1.92 bits per heavy atom. The highest BCUT2D eigenvalue weighted by Crippen LogP contribution is 2.38. The lowest BCUT2D eigenvalue weighted by atomic mass is 10.2. The Kier molecular flexibility index (Phi) is 3.03. The fourth-order valence-corrected chi connectivity index (χ4v) is 2.56. The van der Waals surface area contributed by atoms with Gasteiger partial charge in [0, 0.05) is 0 Å². The molecule has 0 aromatic heterocycles. The summed E-state index contributed by atoms with van der Waals surface area (Å²) in [6.07, 6.45) is 7.24. The molecule has 1 atom stereocenters. The quantitative estimate of drug-likeness (QED) is 0.485.